The number of aromatic nitrogens is 1. The number of anilines is 1. The molecule has 0 unspecified atom stereocenters. The summed E-state index contributed by atoms with van der Waals surface area (Å²) in [7, 11) is 2.16. The van der Waals surface area contributed by atoms with Crippen molar-refractivity contribution >= 4 is 5.69 Å². The van der Waals surface area contributed by atoms with Crippen LogP contribution in [0.4, 0.5) is 5.69 Å². The van der Waals surface area contributed by atoms with E-state index in [4.69, 9.17) is 0 Å². The fraction of sp³-hybridized carbons (Fsp3) is 0.353. The number of hydrogen-bond donors (Lipinski definition) is 1. The van der Waals surface area contributed by atoms with Gasteiger partial charge in [0.1, 0.15) is 0 Å². The molecule has 3 nitrogen and oxygen atoms in total. The van der Waals surface area contributed by atoms with Crippen molar-refractivity contribution in [3.05, 3.63) is 58.9 Å². The van der Waals surface area contributed by atoms with Gasteiger partial charge in [-0.2, -0.15) is 0 Å². The van der Waals surface area contributed by atoms with E-state index in [1.165, 1.54) is 23.2 Å². The highest BCUT2D eigenvalue weighted by Gasteiger charge is 2.15. The van der Waals surface area contributed by atoms with Crippen LogP contribution in [0.2, 0.25) is 0 Å². The average molecular weight is 267 g/mol. The van der Waals surface area contributed by atoms with Gasteiger partial charge in [-0.15, -0.1) is 0 Å². The first-order chi connectivity index (χ1) is 9.72. The first-order valence-corrected chi connectivity index (χ1v) is 7.18. The molecule has 0 aliphatic carbocycles. The third-order valence-electron chi connectivity index (χ3n) is 3.85. The van der Waals surface area contributed by atoms with Crippen LogP contribution in [0.15, 0.2) is 36.4 Å². The number of hydrogen-bond acceptors (Lipinski definition) is 3. The monoisotopic (exact) mass is 267 g/mol. The molecule has 2 heterocycles. The molecular weight excluding hydrogens is 246 g/mol. The molecule has 3 heteroatoms. The van der Waals surface area contributed by atoms with E-state index in [1.54, 1.807) is 0 Å². The van der Waals surface area contributed by atoms with Gasteiger partial charge in [-0.1, -0.05) is 18.2 Å². The summed E-state index contributed by atoms with van der Waals surface area (Å²) in [6.45, 7) is 4.88. The minimum atomic E-state index is 0.818. The maximum Gasteiger partial charge on any atom is 0.0544 e. The van der Waals surface area contributed by atoms with Crippen molar-refractivity contribution < 1.29 is 0 Å². The van der Waals surface area contributed by atoms with Gasteiger partial charge in [0.05, 0.1) is 5.69 Å². The van der Waals surface area contributed by atoms with Crippen LogP contribution in [-0.4, -0.2) is 18.6 Å². The number of aryl methyl sites for hydroxylation is 1. The van der Waals surface area contributed by atoms with Crippen molar-refractivity contribution in [2.45, 2.75) is 26.4 Å². The molecule has 1 aromatic carbocycles. The third kappa shape index (κ3) is 2.83. The van der Waals surface area contributed by atoms with E-state index >= 15 is 0 Å². The largest absolute Gasteiger partial charge is 0.374 e. The summed E-state index contributed by atoms with van der Waals surface area (Å²) in [6, 6.07) is 12.9. The van der Waals surface area contributed by atoms with Crippen LogP contribution in [-0.2, 0) is 19.5 Å². The van der Waals surface area contributed by atoms with E-state index in [0.717, 1.165) is 31.0 Å². The van der Waals surface area contributed by atoms with Crippen LogP contribution in [0.3, 0.4) is 0 Å². The maximum atomic E-state index is 4.50. The SMILES string of the molecule is Cc1cccc(CNCc2ccc3c(c2)CCN3C)n1. The Kier molecular flexibility index (Phi) is 3.70. The van der Waals surface area contributed by atoms with Crippen LogP contribution >= 0.6 is 0 Å². The molecule has 0 amide bonds. The number of fused-ring (bicyclic) bond motifs is 1. The number of pyridine rings is 1. The minimum absolute atomic E-state index is 0.818. The first-order valence-electron chi connectivity index (χ1n) is 7.18. The van der Waals surface area contributed by atoms with E-state index in [0.29, 0.717) is 0 Å². The Morgan fingerprint density at radius 1 is 1.20 bits per heavy atom. The standard InChI is InChI=1S/C17H21N3/c1-13-4-3-5-16(19-13)12-18-11-14-6-7-17-15(10-14)8-9-20(17)2/h3-7,10,18H,8-9,11-12H2,1-2H3. The molecular formula is C17H21N3. The van der Waals surface area contributed by atoms with Crippen LogP contribution in [0.1, 0.15) is 22.5 Å². The molecule has 0 saturated carbocycles. The summed E-state index contributed by atoms with van der Waals surface area (Å²) < 4.78 is 0. The Bertz CT molecular complexity index is 607. The van der Waals surface area contributed by atoms with Crippen LogP contribution < -0.4 is 10.2 Å². The Morgan fingerprint density at radius 2 is 2.10 bits per heavy atom. The topological polar surface area (TPSA) is 28.2 Å². The number of benzene rings is 1. The quantitative estimate of drug-likeness (QED) is 0.923. The summed E-state index contributed by atoms with van der Waals surface area (Å²) >= 11 is 0. The summed E-state index contributed by atoms with van der Waals surface area (Å²) in [5, 5.41) is 3.47. The molecule has 1 aromatic heterocycles. The molecule has 1 N–H and O–H groups in total. The molecule has 0 saturated heterocycles. The van der Waals surface area contributed by atoms with Gasteiger partial charge >= 0.3 is 0 Å². The molecule has 104 valence electrons. The van der Waals surface area contributed by atoms with Crippen LogP contribution in [0.25, 0.3) is 0 Å². The second-order valence-corrected chi connectivity index (χ2v) is 5.51. The highest BCUT2D eigenvalue weighted by atomic mass is 15.1. The zero-order chi connectivity index (χ0) is 13.9. The molecule has 1 aliphatic rings. The highest BCUT2D eigenvalue weighted by Crippen LogP contribution is 2.27. The molecule has 3 rings (SSSR count). The normalized spacial score (nSPS) is 13.6. The fourth-order valence-corrected chi connectivity index (χ4v) is 2.76. The zero-order valence-electron chi connectivity index (χ0n) is 12.2. The van der Waals surface area contributed by atoms with Crippen molar-refractivity contribution in [1.29, 1.82) is 0 Å². The van der Waals surface area contributed by atoms with Gasteiger partial charge in [0.25, 0.3) is 0 Å². The molecule has 0 fully saturated rings. The maximum absolute atomic E-state index is 4.50. The van der Waals surface area contributed by atoms with Gasteiger partial charge < -0.3 is 10.2 Å². The summed E-state index contributed by atoms with van der Waals surface area (Å²) in [6.07, 6.45) is 1.17. The lowest BCUT2D eigenvalue weighted by Gasteiger charge is -2.12. The molecule has 0 atom stereocenters. The summed E-state index contributed by atoms with van der Waals surface area (Å²) in [5.74, 6) is 0. The van der Waals surface area contributed by atoms with Crippen molar-refractivity contribution in [1.82, 2.24) is 10.3 Å². The van der Waals surface area contributed by atoms with E-state index in [9.17, 15) is 0 Å². The Labute approximate surface area is 120 Å². The second-order valence-electron chi connectivity index (χ2n) is 5.51. The number of nitrogens with zero attached hydrogens (tertiary/aromatic N) is 2. The second kappa shape index (κ2) is 5.63. The van der Waals surface area contributed by atoms with Crippen molar-refractivity contribution in [3.8, 4) is 0 Å². The third-order valence-corrected chi connectivity index (χ3v) is 3.85. The van der Waals surface area contributed by atoms with E-state index in [2.05, 4.69) is 52.6 Å². The zero-order valence-corrected chi connectivity index (χ0v) is 12.2. The molecule has 1 aliphatic heterocycles. The van der Waals surface area contributed by atoms with Gasteiger partial charge in [0.15, 0.2) is 0 Å². The smallest absolute Gasteiger partial charge is 0.0544 e. The Hall–Kier alpha value is -1.87. The molecule has 2 aromatic rings. The van der Waals surface area contributed by atoms with Gasteiger partial charge in [0.2, 0.25) is 0 Å². The lowest BCUT2D eigenvalue weighted by molar-refractivity contribution is 0.678. The molecule has 0 bridgehead atoms. The van der Waals surface area contributed by atoms with E-state index in [1.807, 2.05) is 13.0 Å². The minimum Gasteiger partial charge on any atom is -0.374 e. The number of nitrogens with one attached hydrogen (secondary N) is 1. The molecule has 0 radical (unpaired) electrons. The number of rotatable bonds is 4. The highest BCUT2D eigenvalue weighted by molar-refractivity contribution is 5.58. The molecule has 20 heavy (non-hydrogen) atoms. The Morgan fingerprint density at radius 3 is 2.95 bits per heavy atom. The van der Waals surface area contributed by atoms with Gasteiger partial charge in [-0.25, -0.2) is 0 Å². The fourth-order valence-electron chi connectivity index (χ4n) is 2.76. The van der Waals surface area contributed by atoms with Gasteiger partial charge in [0, 0.05) is 38.1 Å². The Balaban J connectivity index is 1.59. The van der Waals surface area contributed by atoms with Crippen molar-refractivity contribution in [2.75, 3.05) is 18.5 Å². The van der Waals surface area contributed by atoms with Crippen molar-refractivity contribution in [2.24, 2.45) is 0 Å². The van der Waals surface area contributed by atoms with Crippen LogP contribution in [0.5, 0.6) is 0 Å². The van der Waals surface area contributed by atoms with Crippen molar-refractivity contribution in [3.63, 3.8) is 0 Å². The predicted octanol–water partition coefficient (Wildman–Crippen LogP) is 2.67. The van der Waals surface area contributed by atoms with Crippen LogP contribution in [0, 0.1) is 6.92 Å². The summed E-state index contributed by atoms with van der Waals surface area (Å²) in [5.41, 5.74) is 6.39. The van der Waals surface area contributed by atoms with E-state index < -0.39 is 0 Å². The predicted molar refractivity (Wildman–Crippen MR) is 82.9 cm³/mol. The average Bonchev–Trinajstić information content (AvgIpc) is 2.80. The van der Waals surface area contributed by atoms with Gasteiger partial charge in [-0.05, 0) is 42.7 Å². The number of likely N-dealkylation sites (N-methyl/N-ethyl adjacent to an activating group) is 1. The lowest BCUT2D eigenvalue weighted by Crippen LogP contribution is -2.14. The van der Waals surface area contributed by atoms with Gasteiger partial charge in [-0.3, -0.25) is 4.98 Å². The first kappa shape index (κ1) is 13.1. The lowest BCUT2D eigenvalue weighted by atomic mass is 10.1. The molecule has 0 spiro atoms. The summed E-state index contributed by atoms with van der Waals surface area (Å²) in [4.78, 5) is 6.83. The van der Waals surface area contributed by atoms with E-state index in [-0.39, 0.29) is 0 Å².